The first-order valence-corrected chi connectivity index (χ1v) is 12.0. The molecule has 0 radical (unpaired) electrons. The maximum absolute atomic E-state index is 13.3. The summed E-state index contributed by atoms with van der Waals surface area (Å²) in [7, 11) is 0. The van der Waals surface area contributed by atoms with E-state index in [1.807, 2.05) is 47.4 Å². The number of amides is 1. The minimum atomic E-state index is -0.0258. The third kappa shape index (κ3) is 5.16. The lowest BCUT2D eigenvalue weighted by Gasteiger charge is -2.33. The molecule has 174 valence electrons. The molecule has 0 unspecified atom stereocenters. The maximum Gasteiger partial charge on any atom is 0.274 e. The Labute approximate surface area is 198 Å². The highest BCUT2D eigenvalue weighted by Gasteiger charge is 2.27. The zero-order valence-electron chi connectivity index (χ0n) is 18.7. The Kier molecular flexibility index (Phi) is 6.80. The molecule has 0 spiro atoms. The van der Waals surface area contributed by atoms with Gasteiger partial charge in [0.2, 0.25) is 0 Å². The lowest BCUT2D eigenvalue weighted by molar-refractivity contribution is 0.0332. The second-order valence-corrected chi connectivity index (χ2v) is 9.20. The van der Waals surface area contributed by atoms with Crippen molar-refractivity contribution in [2.45, 2.75) is 19.3 Å². The van der Waals surface area contributed by atoms with Crippen LogP contribution in [0.15, 0.2) is 53.1 Å². The Balaban J connectivity index is 1.26. The minimum absolute atomic E-state index is 0.0258. The molecule has 7 nitrogen and oxygen atoms in total. The van der Waals surface area contributed by atoms with E-state index in [1.165, 1.54) is 6.42 Å². The number of hydrogen-bond donors (Lipinski definition) is 0. The van der Waals surface area contributed by atoms with Gasteiger partial charge in [0.1, 0.15) is 5.69 Å². The van der Waals surface area contributed by atoms with Crippen LogP contribution < -0.4 is 0 Å². The Morgan fingerprint density at radius 3 is 2.52 bits per heavy atom. The van der Waals surface area contributed by atoms with Gasteiger partial charge >= 0.3 is 0 Å². The van der Waals surface area contributed by atoms with Gasteiger partial charge in [-0.25, -0.2) is 4.68 Å². The van der Waals surface area contributed by atoms with Crippen LogP contribution >= 0.6 is 11.6 Å². The van der Waals surface area contributed by atoms with Gasteiger partial charge in [-0.05, 0) is 68.1 Å². The van der Waals surface area contributed by atoms with Crippen LogP contribution in [0.3, 0.4) is 0 Å². The second-order valence-electron chi connectivity index (χ2n) is 8.76. The molecule has 2 saturated heterocycles. The van der Waals surface area contributed by atoms with Gasteiger partial charge in [0.05, 0.1) is 25.2 Å². The van der Waals surface area contributed by atoms with Crippen molar-refractivity contribution in [3.8, 4) is 17.1 Å². The topological polar surface area (TPSA) is 63.7 Å². The Morgan fingerprint density at radius 2 is 1.82 bits per heavy atom. The fourth-order valence-corrected chi connectivity index (χ4v) is 4.77. The van der Waals surface area contributed by atoms with Crippen LogP contribution in [0.2, 0.25) is 5.02 Å². The van der Waals surface area contributed by atoms with Gasteiger partial charge < -0.3 is 14.1 Å². The molecule has 0 atom stereocenters. The summed E-state index contributed by atoms with van der Waals surface area (Å²) in [4.78, 5) is 17.7. The first-order chi connectivity index (χ1) is 16.2. The van der Waals surface area contributed by atoms with Crippen LogP contribution in [0, 0.1) is 5.92 Å². The molecule has 3 aromatic rings. The Bertz CT molecular complexity index is 1050. The van der Waals surface area contributed by atoms with Crippen LogP contribution in [0.1, 0.15) is 29.8 Å². The largest absolute Gasteiger partial charge is 0.463 e. The number of nitrogens with zero attached hydrogens (tertiary/aromatic N) is 4. The number of aromatic nitrogens is 2. The molecule has 2 fully saturated rings. The number of benzene rings is 1. The number of likely N-dealkylation sites (tertiary alicyclic amines) is 1. The zero-order valence-corrected chi connectivity index (χ0v) is 19.4. The highest BCUT2D eigenvalue weighted by Crippen LogP contribution is 2.27. The highest BCUT2D eigenvalue weighted by molar-refractivity contribution is 6.30. The number of piperidine rings is 1. The molecule has 33 heavy (non-hydrogen) atoms. The fourth-order valence-electron chi connectivity index (χ4n) is 4.64. The van der Waals surface area contributed by atoms with Crippen molar-refractivity contribution in [3.63, 3.8) is 0 Å². The molecule has 8 heteroatoms. The summed E-state index contributed by atoms with van der Waals surface area (Å²) in [5.41, 5.74) is 2.00. The van der Waals surface area contributed by atoms with Crippen LogP contribution in [-0.4, -0.2) is 71.4 Å². The number of morpholine rings is 1. The first-order valence-electron chi connectivity index (χ1n) is 11.7. The van der Waals surface area contributed by atoms with Crippen LogP contribution in [0.25, 0.3) is 17.1 Å². The van der Waals surface area contributed by atoms with Gasteiger partial charge in [0.15, 0.2) is 11.5 Å². The number of carbonyl (C=O) groups excluding carboxylic acids is 1. The third-order valence-corrected chi connectivity index (χ3v) is 6.88. The molecule has 1 amide bonds. The predicted octanol–water partition coefficient (Wildman–Crippen LogP) is 4.36. The second kappa shape index (κ2) is 10.1. The highest BCUT2D eigenvalue weighted by atomic mass is 35.5. The van der Waals surface area contributed by atoms with Gasteiger partial charge in [-0.15, -0.1) is 0 Å². The van der Waals surface area contributed by atoms with Gasteiger partial charge in [-0.2, -0.15) is 5.10 Å². The molecular weight excluding hydrogens is 440 g/mol. The summed E-state index contributed by atoms with van der Waals surface area (Å²) in [6.07, 6.45) is 4.89. The number of carbonyl (C=O) groups is 1. The van der Waals surface area contributed by atoms with Gasteiger partial charge in [0.25, 0.3) is 5.91 Å². The third-order valence-electron chi connectivity index (χ3n) is 6.63. The van der Waals surface area contributed by atoms with Crippen molar-refractivity contribution in [1.29, 1.82) is 0 Å². The van der Waals surface area contributed by atoms with E-state index >= 15 is 0 Å². The molecule has 5 rings (SSSR count). The lowest BCUT2D eigenvalue weighted by Crippen LogP contribution is -2.41. The molecule has 0 bridgehead atoms. The number of furan rings is 1. The molecule has 4 heterocycles. The summed E-state index contributed by atoms with van der Waals surface area (Å²) in [6.45, 7) is 6.43. The summed E-state index contributed by atoms with van der Waals surface area (Å²) in [6, 6.07) is 12.9. The predicted molar refractivity (Wildman–Crippen MR) is 127 cm³/mol. The van der Waals surface area contributed by atoms with Crippen molar-refractivity contribution < 1.29 is 13.9 Å². The van der Waals surface area contributed by atoms with E-state index in [9.17, 15) is 4.79 Å². The van der Waals surface area contributed by atoms with Crippen molar-refractivity contribution in [2.75, 3.05) is 45.9 Å². The maximum atomic E-state index is 13.3. The average molecular weight is 469 g/mol. The Hall–Kier alpha value is -2.61. The molecule has 0 N–H and O–H groups in total. The van der Waals surface area contributed by atoms with Crippen molar-refractivity contribution in [1.82, 2.24) is 19.6 Å². The van der Waals surface area contributed by atoms with Gasteiger partial charge in [-0.3, -0.25) is 9.69 Å². The zero-order chi connectivity index (χ0) is 22.6. The molecule has 2 aliphatic heterocycles. The van der Waals surface area contributed by atoms with E-state index < -0.39 is 0 Å². The number of hydrogen-bond acceptors (Lipinski definition) is 5. The van der Waals surface area contributed by atoms with Crippen LogP contribution in [0.4, 0.5) is 0 Å². The lowest BCUT2D eigenvalue weighted by atomic mass is 9.93. The number of halogens is 1. The van der Waals surface area contributed by atoms with E-state index in [1.54, 1.807) is 10.9 Å². The van der Waals surface area contributed by atoms with Crippen molar-refractivity contribution in [3.05, 3.63) is 59.4 Å². The number of rotatable bonds is 6. The van der Waals surface area contributed by atoms with Gasteiger partial charge in [-0.1, -0.05) is 11.6 Å². The van der Waals surface area contributed by atoms with Crippen LogP contribution in [-0.2, 0) is 4.74 Å². The first kappa shape index (κ1) is 22.2. The molecule has 2 aliphatic rings. The summed E-state index contributed by atoms with van der Waals surface area (Å²) in [5, 5.41) is 5.31. The molecular formula is C25H29ClN4O3. The van der Waals surface area contributed by atoms with Crippen molar-refractivity contribution in [2.24, 2.45) is 5.92 Å². The Morgan fingerprint density at radius 1 is 1.06 bits per heavy atom. The monoisotopic (exact) mass is 468 g/mol. The summed E-state index contributed by atoms with van der Waals surface area (Å²) < 4.78 is 12.8. The summed E-state index contributed by atoms with van der Waals surface area (Å²) in [5.74, 6) is 1.31. The van der Waals surface area contributed by atoms with E-state index in [-0.39, 0.29) is 5.91 Å². The standard InChI is InChI=1S/C25H29ClN4O3/c26-20-3-5-21(6-4-20)30-23(24-2-1-15-33-24)18-22(27-30)25(31)29-11-8-19(9-12-29)7-10-28-13-16-32-17-14-28/h1-6,15,18-19H,7-14,16-17H2. The molecule has 0 aliphatic carbocycles. The molecule has 0 saturated carbocycles. The number of ether oxygens (including phenoxy) is 1. The fraction of sp³-hybridized carbons (Fsp3) is 0.440. The summed E-state index contributed by atoms with van der Waals surface area (Å²) >= 11 is 6.06. The van der Waals surface area contributed by atoms with E-state index in [2.05, 4.69) is 10.00 Å². The SMILES string of the molecule is O=C(c1cc(-c2ccco2)n(-c2ccc(Cl)cc2)n1)N1CCC(CCN2CCOCC2)CC1. The van der Waals surface area contributed by atoms with Crippen LogP contribution in [0.5, 0.6) is 0 Å². The van der Waals surface area contributed by atoms with E-state index in [0.29, 0.717) is 22.4 Å². The average Bonchev–Trinajstić information content (AvgIpc) is 3.54. The normalized spacial score (nSPS) is 18.0. The smallest absolute Gasteiger partial charge is 0.274 e. The molecule has 2 aromatic heterocycles. The van der Waals surface area contributed by atoms with E-state index in [4.69, 9.17) is 20.8 Å². The molecule has 1 aromatic carbocycles. The van der Waals surface area contributed by atoms with E-state index in [0.717, 1.165) is 70.2 Å². The minimum Gasteiger partial charge on any atom is -0.463 e. The quantitative estimate of drug-likeness (QED) is 0.537. The van der Waals surface area contributed by atoms with Crippen molar-refractivity contribution >= 4 is 17.5 Å². The van der Waals surface area contributed by atoms with Gasteiger partial charge in [0, 0.05) is 37.3 Å².